The number of hydrogen-bond donors (Lipinski definition) is 2. The van der Waals surface area contributed by atoms with E-state index in [2.05, 4.69) is 23.8 Å². The first-order valence-electron chi connectivity index (χ1n) is 6.35. The first kappa shape index (κ1) is 16.5. The van der Waals surface area contributed by atoms with E-state index in [0.717, 1.165) is 11.9 Å². The number of benzene rings is 1. The number of nitrogens with zero attached hydrogens (tertiary/aromatic N) is 1. The van der Waals surface area contributed by atoms with Crippen molar-refractivity contribution in [1.82, 2.24) is 9.97 Å². The molecule has 5 nitrogen and oxygen atoms in total. The number of carbonyl (C=O) groups excluding carboxylic acids is 1. The number of ether oxygens (including phenoxy) is 1. The first-order valence-corrected chi connectivity index (χ1v) is 6.35. The normalized spacial score (nSPS) is 12.2. The van der Waals surface area contributed by atoms with Gasteiger partial charge in [0.05, 0.1) is 24.2 Å². The molecule has 20 heavy (non-hydrogen) atoms. The molecule has 3 N–H and O–H groups in total. The number of nitrogens with one attached hydrogen (secondary N) is 1. The predicted molar refractivity (Wildman–Crippen MR) is 81.1 cm³/mol. The molecule has 0 amide bonds. The Morgan fingerprint density at radius 1 is 1.45 bits per heavy atom. The minimum absolute atomic E-state index is 0. The van der Waals surface area contributed by atoms with Crippen LogP contribution in [0.4, 0.5) is 0 Å². The molecule has 0 aliphatic carbocycles. The van der Waals surface area contributed by atoms with Crippen LogP contribution >= 0.6 is 12.4 Å². The highest BCUT2D eigenvalue weighted by Crippen LogP contribution is 2.22. The molecule has 110 valence electrons. The van der Waals surface area contributed by atoms with Crippen LogP contribution in [-0.2, 0) is 4.74 Å². The Morgan fingerprint density at radius 2 is 2.15 bits per heavy atom. The van der Waals surface area contributed by atoms with Crippen molar-refractivity contribution in [3.05, 3.63) is 29.6 Å². The summed E-state index contributed by atoms with van der Waals surface area (Å²) in [7, 11) is 1.36. The summed E-state index contributed by atoms with van der Waals surface area (Å²) in [5.74, 6) is 0.810. The van der Waals surface area contributed by atoms with Crippen molar-refractivity contribution >= 4 is 29.4 Å². The Bertz CT molecular complexity index is 595. The maximum Gasteiger partial charge on any atom is 0.340 e. The second-order valence-electron chi connectivity index (χ2n) is 5.05. The van der Waals surface area contributed by atoms with Crippen LogP contribution < -0.4 is 5.73 Å². The topological polar surface area (TPSA) is 81.0 Å². The van der Waals surface area contributed by atoms with E-state index in [-0.39, 0.29) is 24.4 Å². The smallest absolute Gasteiger partial charge is 0.340 e. The third-order valence-corrected chi connectivity index (χ3v) is 3.01. The van der Waals surface area contributed by atoms with Gasteiger partial charge in [0, 0.05) is 0 Å². The van der Waals surface area contributed by atoms with E-state index < -0.39 is 0 Å². The van der Waals surface area contributed by atoms with E-state index >= 15 is 0 Å². The van der Waals surface area contributed by atoms with Gasteiger partial charge in [0.15, 0.2) is 0 Å². The Labute approximate surface area is 124 Å². The molecule has 1 atom stereocenters. The van der Waals surface area contributed by atoms with Crippen molar-refractivity contribution in [2.24, 2.45) is 11.7 Å². The number of carbonyl (C=O) groups is 1. The molecule has 1 aromatic heterocycles. The second kappa shape index (κ2) is 6.72. The number of halogens is 1. The predicted octanol–water partition coefficient (Wildman–Crippen LogP) is 2.82. The molecule has 0 spiro atoms. The molecule has 6 heteroatoms. The van der Waals surface area contributed by atoms with Crippen LogP contribution in [0.25, 0.3) is 11.0 Å². The molecule has 2 aromatic rings. The molecule has 0 bridgehead atoms. The van der Waals surface area contributed by atoms with Crippen LogP contribution in [0.1, 0.15) is 42.5 Å². The number of hydrogen-bond acceptors (Lipinski definition) is 4. The third-order valence-electron chi connectivity index (χ3n) is 3.01. The van der Waals surface area contributed by atoms with E-state index in [4.69, 9.17) is 10.5 Å². The number of aromatic amines is 1. The average molecular weight is 298 g/mol. The molecule has 1 aromatic carbocycles. The van der Waals surface area contributed by atoms with Crippen molar-refractivity contribution in [2.75, 3.05) is 7.11 Å². The highest BCUT2D eigenvalue weighted by atomic mass is 35.5. The van der Waals surface area contributed by atoms with E-state index in [9.17, 15) is 4.79 Å². The van der Waals surface area contributed by atoms with Gasteiger partial charge in [-0.25, -0.2) is 9.78 Å². The van der Waals surface area contributed by atoms with Gasteiger partial charge in [0.2, 0.25) is 0 Å². The van der Waals surface area contributed by atoms with Crippen LogP contribution in [0.2, 0.25) is 0 Å². The van der Waals surface area contributed by atoms with Gasteiger partial charge in [-0.15, -0.1) is 12.4 Å². The molecule has 0 saturated carbocycles. The van der Waals surface area contributed by atoms with E-state index in [1.807, 2.05) is 6.07 Å². The molecule has 2 rings (SSSR count). The minimum Gasteiger partial charge on any atom is -0.465 e. The fourth-order valence-electron chi connectivity index (χ4n) is 2.12. The first-order chi connectivity index (χ1) is 9.02. The Balaban J connectivity index is 0.00000200. The Morgan fingerprint density at radius 3 is 2.75 bits per heavy atom. The number of imidazole rings is 1. The van der Waals surface area contributed by atoms with Gasteiger partial charge in [0.1, 0.15) is 11.3 Å². The molecular formula is C14H20ClN3O2. The fraction of sp³-hybridized carbons (Fsp3) is 0.429. The third kappa shape index (κ3) is 3.29. The number of para-hydroxylation sites is 1. The lowest BCUT2D eigenvalue weighted by Crippen LogP contribution is -2.14. The lowest BCUT2D eigenvalue weighted by molar-refractivity contribution is 0.0603. The zero-order valence-corrected chi connectivity index (χ0v) is 12.7. The fourth-order valence-corrected chi connectivity index (χ4v) is 2.12. The number of nitrogens with two attached hydrogens (primary N) is 1. The number of aromatic nitrogens is 2. The Kier molecular flexibility index (Phi) is 5.53. The van der Waals surface area contributed by atoms with Gasteiger partial charge in [-0.2, -0.15) is 0 Å². The summed E-state index contributed by atoms with van der Waals surface area (Å²) in [6, 6.07) is 5.22. The van der Waals surface area contributed by atoms with E-state index in [1.165, 1.54) is 7.11 Å². The number of fused-ring (bicyclic) bond motifs is 1. The summed E-state index contributed by atoms with van der Waals surface area (Å²) in [4.78, 5) is 19.3. The molecule has 1 unspecified atom stereocenters. The summed E-state index contributed by atoms with van der Waals surface area (Å²) in [6.07, 6.45) is 0.841. The second-order valence-corrected chi connectivity index (χ2v) is 5.05. The quantitative estimate of drug-likeness (QED) is 0.850. The van der Waals surface area contributed by atoms with Gasteiger partial charge in [0.25, 0.3) is 0 Å². The SMILES string of the molecule is COC(=O)c1cccc2[nH]c(C(N)CC(C)C)nc12.Cl. The van der Waals surface area contributed by atoms with E-state index in [0.29, 0.717) is 22.8 Å². The summed E-state index contributed by atoms with van der Waals surface area (Å²) in [5, 5.41) is 0. The van der Waals surface area contributed by atoms with Crippen LogP contribution in [0.3, 0.4) is 0 Å². The molecule has 0 saturated heterocycles. The van der Waals surface area contributed by atoms with Crippen molar-refractivity contribution in [3.8, 4) is 0 Å². The van der Waals surface area contributed by atoms with Gasteiger partial charge < -0.3 is 15.5 Å². The molecule has 0 aliphatic heterocycles. The summed E-state index contributed by atoms with van der Waals surface area (Å²) >= 11 is 0. The van der Waals surface area contributed by atoms with Gasteiger partial charge in [-0.05, 0) is 24.5 Å². The molecule has 0 aliphatic rings. The zero-order valence-electron chi connectivity index (χ0n) is 11.8. The van der Waals surface area contributed by atoms with Crippen LogP contribution in [0.15, 0.2) is 18.2 Å². The van der Waals surface area contributed by atoms with Crippen molar-refractivity contribution in [3.63, 3.8) is 0 Å². The average Bonchev–Trinajstić information content (AvgIpc) is 2.80. The largest absolute Gasteiger partial charge is 0.465 e. The molecule has 1 heterocycles. The monoisotopic (exact) mass is 297 g/mol. The number of rotatable bonds is 4. The van der Waals surface area contributed by atoms with Crippen LogP contribution in [-0.4, -0.2) is 23.0 Å². The number of esters is 1. The van der Waals surface area contributed by atoms with Crippen LogP contribution in [0.5, 0.6) is 0 Å². The maximum atomic E-state index is 11.7. The number of methoxy groups -OCH3 is 1. The summed E-state index contributed by atoms with van der Waals surface area (Å²) < 4.78 is 4.75. The highest BCUT2D eigenvalue weighted by Gasteiger charge is 2.17. The van der Waals surface area contributed by atoms with Crippen molar-refractivity contribution < 1.29 is 9.53 Å². The lowest BCUT2D eigenvalue weighted by atomic mass is 10.0. The summed E-state index contributed by atoms with van der Waals surface area (Å²) in [6.45, 7) is 4.23. The Hall–Kier alpha value is -1.59. The van der Waals surface area contributed by atoms with Crippen molar-refractivity contribution in [1.29, 1.82) is 0 Å². The van der Waals surface area contributed by atoms with Gasteiger partial charge in [-0.1, -0.05) is 19.9 Å². The van der Waals surface area contributed by atoms with Crippen molar-refractivity contribution in [2.45, 2.75) is 26.3 Å². The molecular weight excluding hydrogens is 278 g/mol. The maximum absolute atomic E-state index is 11.7. The molecule has 0 fully saturated rings. The van der Waals surface area contributed by atoms with E-state index in [1.54, 1.807) is 12.1 Å². The standard InChI is InChI=1S/C14H19N3O2.ClH/c1-8(2)7-10(15)13-16-11-6-4-5-9(12(11)17-13)14(18)19-3;/h4-6,8,10H,7,15H2,1-3H3,(H,16,17);1H. The highest BCUT2D eigenvalue weighted by molar-refractivity contribution is 6.01. The number of H-pyrrole nitrogens is 1. The van der Waals surface area contributed by atoms with Gasteiger partial charge >= 0.3 is 5.97 Å². The minimum atomic E-state index is -0.388. The van der Waals surface area contributed by atoms with Gasteiger partial charge in [-0.3, -0.25) is 0 Å². The summed E-state index contributed by atoms with van der Waals surface area (Å²) in [5.41, 5.74) is 7.98. The van der Waals surface area contributed by atoms with Crippen LogP contribution in [0, 0.1) is 5.92 Å². The molecule has 0 radical (unpaired) electrons. The lowest BCUT2D eigenvalue weighted by Gasteiger charge is -2.10. The zero-order chi connectivity index (χ0) is 14.0.